The van der Waals surface area contributed by atoms with Gasteiger partial charge in [-0.3, -0.25) is 4.79 Å². The van der Waals surface area contributed by atoms with Crippen LogP contribution in [0.25, 0.3) is 11.0 Å². The van der Waals surface area contributed by atoms with Crippen LogP contribution in [0.15, 0.2) is 72.8 Å². The molecule has 1 amide bonds. The number of nitrogens with zero attached hydrogens (tertiary/aromatic N) is 2. The van der Waals surface area contributed by atoms with Crippen molar-refractivity contribution in [2.45, 2.75) is 19.4 Å². The van der Waals surface area contributed by atoms with E-state index in [0.29, 0.717) is 42.1 Å². The Bertz CT molecular complexity index is 1190. The number of para-hydroxylation sites is 2. The average molecular weight is 422 g/mol. The molecular formula is C24H21ClFN3O. The van der Waals surface area contributed by atoms with Crippen molar-refractivity contribution < 1.29 is 9.18 Å². The van der Waals surface area contributed by atoms with Crippen molar-refractivity contribution in [3.63, 3.8) is 0 Å². The minimum Gasteiger partial charge on any atom is -0.352 e. The first-order valence-electron chi connectivity index (χ1n) is 9.84. The van der Waals surface area contributed by atoms with E-state index in [1.165, 1.54) is 6.07 Å². The van der Waals surface area contributed by atoms with Crippen molar-refractivity contribution in [3.05, 3.63) is 101 Å². The summed E-state index contributed by atoms with van der Waals surface area (Å²) in [4.78, 5) is 17.0. The molecule has 0 unspecified atom stereocenters. The molecule has 1 N–H and O–H groups in total. The summed E-state index contributed by atoms with van der Waals surface area (Å²) in [6, 6.07) is 21.6. The lowest BCUT2D eigenvalue weighted by Crippen LogP contribution is -2.25. The summed E-state index contributed by atoms with van der Waals surface area (Å²) >= 11 is 6.08. The van der Waals surface area contributed by atoms with E-state index in [0.717, 1.165) is 16.9 Å². The fourth-order valence-electron chi connectivity index (χ4n) is 3.48. The lowest BCUT2D eigenvalue weighted by Gasteiger charge is -2.11. The average Bonchev–Trinajstić information content (AvgIpc) is 3.10. The molecule has 0 saturated carbocycles. The summed E-state index contributed by atoms with van der Waals surface area (Å²) < 4.78 is 16.3. The van der Waals surface area contributed by atoms with E-state index in [4.69, 9.17) is 16.6 Å². The van der Waals surface area contributed by atoms with Crippen LogP contribution in [0, 0.1) is 5.82 Å². The molecule has 3 aromatic carbocycles. The summed E-state index contributed by atoms with van der Waals surface area (Å²) in [6.45, 7) is 0.904. The summed E-state index contributed by atoms with van der Waals surface area (Å²) in [5, 5.41) is 3.33. The number of fused-ring (bicyclic) bond motifs is 1. The van der Waals surface area contributed by atoms with Crippen LogP contribution >= 0.6 is 11.6 Å². The molecule has 4 rings (SSSR count). The molecule has 0 bridgehead atoms. The molecular weight excluding hydrogens is 401 g/mol. The van der Waals surface area contributed by atoms with Gasteiger partial charge in [-0.2, -0.15) is 0 Å². The van der Waals surface area contributed by atoms with Crippen molar-refractivity contribution in [2.75, 3.05) is 6.54 Å². The topological polar surface area (TPSA) is 46.9 Å². The van der Waals surface area contributed by atoms with Crippen molar-refractivity contribution in [1.82, 2.24) is 14.9 Å². The van der Waals surface area contributed by atoms with Gasteiger partial charge in [0.15, 0.2) is 0 Å². The van der Waals surface area contributed by atoms with Crippen molar-refractivity contribution in [1.29, 1.82) is 0 Å². The van der Waals surface area contributed by atoms with Crippen LogP contribution < -0.4 is 5.32 Å². The van der Waals surface area contributed by atoms with Gasteiger partial charge >= 0.3 is 0 Å². The second-order valence-electron chi connectivity index (χ2n) is 7.03. The van der Waals surface area contributed by atoms with Crippen molar-refractivity contribution in [2.24, 2.45) is 0 Å². The van der Waals surface area contributed by atoms with E-state index in [1.54, 1.807) is 36.4 Å². The maximum atomic E-state index is 14.2. The monoisotopic (exact) mass is 421 g/mol. The number of carbonyl (C=O) groups excluding carboxylic acids is 1. The van der Waals surface area contributed by atoms with E-state index in [-0.39, 0.29) is 11.7 Å². The minimum atomic E-state index is -0.228. The summed E-state index contributed by atoms with van der Waals surface area (Å²) in [5.74, 6) is 0.445. The van der Waals surface area contributed by atoms with Gasteiger partial charge in [0.05, 0.1) is 28.2 Å². The number of hydrogen-bond acceptors (Lipinski definition) is 2. The number of halogens is 2. The van der Waals surface area contributed by atoms with E-state index in [1.807, 2.05) is 34.9 Å². The highest BCUT2D eigenvalue weighted by molar-refractivity contribution is 6.33. The second-order valence-corrected chi connectivity index (χ2v) is 7.44. The Balaban J connectivity index is 1.47. The van der Waals surface area contributed by atoms with Gasteiger partial charge in [-0.1, -0.05) is 54.1 Å². The zero-order valence-corrected chi connectivity index (χ0v) is 17.1. The first-order valence-corrected chi connectivity index (χ1v) is 10.2. The Morgan fingerprint density at radius 2 is 1.73 bits per heavy atom. The smallest absolute Gasteiger partial charge is 0.252 e. The lowest BCUT2D eigenvalue weighted by atomic mass is 10.2. The zero-order valence-electron chi connectivity index (χ0n) is 16.3. The standard InChI is InChI=1S/C24H21ClFN3O/c25-19-10-3-2-9-18(19)24(30)27-15-7-14-23-28-21-12-5-6-13-22(21)29(23)16-17-8-1-4-11-20(17)26/h1-6,8-13H,7,14-16H2,(H,27,30). The Hall–Kier alpha value is -3.18. The van der Waals surface area contributed by atoms with Gasteiger partial charge in [-0.05, 0) is 36.8 Å². The molecule has 0 spiro atoms. The van der Waals surface area contributed by atoms with Crippen LogP contribution in [-0.4, -0.2) is 22.0 Å². The minimum absolute atomic E-state index is 0.194. The molecule has 1 aromatic heterocycles. The number of amides is 1. The maximum Gasteiger partial charge on any atom is 0.252 e. The molecule has 1 heterocycles. The molecule has 0 aliphatic heterocycles. The molecule has 4 nitrogen and oxygen atoms in total. The lowest BCUT2D eigenvalue weighted by molar-refractivity contribution is 0.0953. The van der Waals surface area contributed by atoms with E-state index >= 15 is 0 Å². The molecule has 6 heteroatoms. The van der Waals surface area contributed by atoms with Gasteiger partial charge in [0.2, 0.25) is 0 Å². The quantitative estimate of drug-likeness (QED) is 0.415. The van der Waals surface area contributed by atoms with E-state index < -0.39 is 0 Å². The Morgan fingerprint density at radius 1 is 1.00 bits per heavy atom. The van der Waals surface area contributed by atoms with Crippen LogP contribution in [-0.2, 0) is 13.0 Å². The molecule has 4 aromatic rings. The first kappa shape index (κ1) is 20.1. The fraction of sp³-hybridized carbons (Fsp3) is 0.167. The highest BCUT2D eigenvalue weighted by Gasteiger charge is 2.13. The Labute approximate surface area is 179 Å². The predicted molar refractivity (Wildman–Crippen MR) is 117 cm³/mol. The number of benzene rings is 3. The van der Waals surface area contributed by atoms with Gasteiger partial charge in [0, 0.05) is 18.5 Å². The third-order valence-electron chi connectivity index (χ3n) is 5.00. The normalized spacial score (nSPS) is 11.0. The number of aryl methyl sites for hydroxylation is 1. The number of carbonyl (C=O) groups is 1. The predicted octanol–water partition coefficient (Wildman–Crippen LogP) is 5.24. The van der Waals surface area contributed by atoms with Crippen molar-refractivity contribution >= 4 is 28.5 Å². The summed E-state index contributed by atoms with van der Waals surface area (Å²) in [5.41, 5.74) is 2.93. The van der Waals surface area contributed by atoms with Gasteiger partial charge < -0.3 is 9.88 Å². The van der Waals surface area contributed by atoms with Gasteiger partial charge in [0.1, 0.15) is 11.6 Å². The number of imidazole rings is 1. The second kappa shape index (κ2) is 9.09. The summed E-state index contributed by atoms with van der Waals surface area (Å²) in [6.07, 6.45) is 1.36. The van der Waals surface area contributed by atoms with Gasteiger partial charge in [0.25, 0.3) is 5.91 Å². The third-order valence-corrected chi connectivity index (χ3v) is 5.33. The van der Waals surface area contributed by atoms with Crippen LogP contribution in [0.3, 0.4) is 0 Å². The number of nitrogens with one attached hydrogen (secondary N) is 1. The van der Waals surface area contributed by atoms with E-state index in [9.17, 15) is 9.18 Å². The molecule has 152 valence electrons. The molecule has 0 aliphatic carbocycles. The van der Waals surface area contributed by atoms with E-state index in [2.05, 4.69) is 5.32 Å². The third kappa shape index (κ3) is 4.36. The van der Waals surface area contributed by atoms with Gasteiger partial charge in [-0.15, -0.1) is 0 Å². The largest absolute Gasteiger partial charge is 0.352 e. The number of aromatic nitrogens is 2. The van der Waals surface area contributed by atoms with Crippen molar-refractivity contribution in [3.8, 4) is 0 Å². The Kier molecular flexibility index (Phi) is 6.10. The van der Waals surface area contributed by atoms with Gasteiger partial charge in [-0.25, -0.2) is 9.37 Å². The Morgan fingerprint density at radius 3 is 2.57 bits per heavy atom. The number of hydrogen-bond donors (Lipinski definition) is 1. The summed E-state index contributed by atoms with van der Waals surface area (Å²) in [7, 11) is 0. The first-order chi connectivity index (χ1) is 14.6. The highest BCUT2D eigenvalue weighted by Crippen LogP contribution is 2.20. The molecule has 0 atom stereocenters. The SMILES string of the molecule is O=C(NCCCc1nc2ccccc2n1Cc1ccccc1F)c1ccccc1Cl. The zero-order chi connectivity index (χ0) is 20.9. The highest BCUT2D eigenvalue weighted by atomic mass is 35.5. The molecule has 0 aliphatic rings. The molecule has 30 heavy (non-hydrogen) atoms. The van der Waals surface area contributed by atoms with Crippen LogP contribution in [0.2, 0.25) is 5.02 Å². The molecule has 0 radical (unpaired) electrons. The fourth-order valence-corrected chi connectivity index (χ4v) is 3.70. The van der Waals surface area contributed by atoms with Crippen LogP contribution in [0.1, 0.15) is 28.2 Å². The number of rotatable bonds is 7. The van der Waals surface area contributed by atoms with Crippen LogP contribution in [0.4, 0.5) is 4.39 Å². The molecule has 0 saturated heterocycles. The maximum absolute atomic E-state index is 14.2. The van der Waals surface area contributed by atoms with Crippen LogP contribution in [0.5, 0.6) is 0 Å². The molecule has 0 fully saturated rings.